The van der Waals surface area contributed by atoms with Crippen molar-refractivity contribution in [1.82, 2.24) is 0 Å². The van der Waals surface area contributed by atoms with Gasteiger partial charge < -0.3 is 15.1 Å². The second kappa shape index (κ2) is 5.20. The maximum atomic E-state index is 10.2. The fraction of sp³-hybridized carbons (Fsp3) is 0.533. The van der Waals surface area contributed by atoms with E-state index in [9.17, 15) is 10.2 Å². The predicted octanol–water partition coefficient (Wildman–Crippen LogP) is 1.96. The van der Waals surface area contributed by atoms with Crippen LogP contribution in [0.25, 0.3) is 0 Å². The van der Waals surface area contributed by atoms with Crippen molar-refractivity contribution in [3.8, 4) is 6.07 Å². The van der Waals surface area contributed by atoms with Crippen molar-refractivity contribution >= 4 is 5.69 Å². The van der Waals surface area contributed by atoms with E-state index in [2.05, 4.69) is 11.0 Å². The molecular weight excluding hydrogens is 240 g/mol. The van der Waals surface area contributed by atoms with E-state index >= 15 is 0 Å². The number of anilines is 1. The number of rotatable bonds is 2. The van der Waals surface area contributed by atoms with Gasteiger partial charge in [0.1, 0.15) is 0 Å². The number of β-amino-alcohol motifs (C(OH)–C–C–N with tert-alkyl or cyclic N) is 1. The summed E-state index contributed by atoms with van der Waals surface area (Å²) in [7, 11) is 0. The second-order valence-corrected chi connectivity index (χ2v) is 5.58. The summed E-state index contributed by atoms with van der Waals surface area (Å²) in [6.45, 7) is 4.91. The van der Waals surface area contributed by atoms with Gasteiger partial charge >= 0.3 is 0 Å². The Morgan fingerprint density at radius 2 is 2.21 bits per heavy atom. The highest BCUT2D eigenvalue weighted by molar-refractivity contribution is 5.59. The Balaban J connectivity index is 2.39. The zero-order valence-corrected chi connectivity index (χ0v) is 11.4. The fourth-order valence-corrected chi connectivity index (χ4v) is 2.67. The lowest BCUT2D eigenvalue weighted by Gasteiger charge is -2.39. The van der Waals surface area contributed by atoms with Crippen LogP contribution < -0.4 is 4.90 Å². The van der Waals surface area contributed by atoms with E-state index < -0.39 is 11.7 Å². The molecule has 102 valence electrons. The molecule has 4 nitrogen and oxygen atoms in total. The van der Waals surface area contributed by atoms with E-state index in [1.54, 1.807) is 25.1 Å². The van der Waals surface area contributed by atoms with Crippen LogP contribution in [0, 0.1) is 11.3 Å². The Hall–Kier alpha value is -1.57. The van der Waals surface area contributed by atoms with E-state index in [0.29, 0.717) is 12.1 Å². The van der Waals surface area contributed by atoms with Gasteiger partial charge in [0.05, 0.1) is 23.3 Å². The molecule has 2 atom stereocenters. The first-order chi connectivity index (χ1) is 8.93. The van der Waals surface area contributed by atoms with Gasteiger partial charge in [-0.1, -0.05) is 6.07 Å². The Labute approximate surface area is 113 Å². The average molecular weight is 260 g/mol. The van der Waals surface area contributed by atoms with Gasteiger partial charge in [-0.25, -0.2) is 0 Å². The number of benzene rings is 1. The molecule has 2 N–H and O–H groups in total. The van der Waals surface area contributed by atoms with E-state index in [4.69, 9.17) is 5.26 Å². The van der Waals surface area contributed by atoms with Crippen molar-refractivity contribution in [1.29, 1.82) is 5.26 Å². The smallest absolute Gasteiger partial charge is 0.0992 e. The molecule has 1 aromatic rings. The number of hydrogen-bond acceptors (Lipinski definition) is 4. The summed E-state index contributed by atoms with van der Waals surface area (Å²) < 4.78 is 0. The van der Waals surface area contributed by atoms with Gasteiger partial charge in [-0.3, -0.25) is 0 Å². The predicted molar refractivity (Wildman–Crippen MR) is 73.9 cm³/mol. The molecule has 0 bridgehead atoms. The van der Waals surface area contributed by atoms with Gasteiger partial charge in [0.15, 0.2) is 0 Å². The van der Waals surface area contributed by atoms with Gasteiger partial charge in [0, 0.05) is 24.3 Å². The molecule has 0 amide bonds. The van der Waals surface area contributed by atoms with E-state index in [1.165, 1.54) is 0 Å². The lowest BCUT2D eigenvalue weighted by atomic mass is 9.93. The van der Waals surface area contributed by atoms with Crippen LogP contribution >= 0.6 is 0 Å². The van der Waals surface area contributed by atoms with Crippen LogP contribution in [0.15, 0.2) is 18.2 Å². The highest BCUT2D eigenvalue weighted by atomic mass is 16.3. The molecule has 1 aromatic carbocycles. The summed E-state index contributed by atoms with van der Waals surface area (Å²) in [5.74, 6) is 0. The molecule has 0 aromatic heterocycles. The second-order valence-electron chi connectivity index (χ2n) is 5.58. The summed E-state index contributed by atoms with van der Waals surface area (Å²) in [6, 6.07) is 7.43. The maximum Gasteiger partial charge on any atom is 0.0992 e. The third-order valence-electron chi connectivity index (χ3n) is 3.63. The monoisotopic (exact) mass is 260 g/mol. The Bertz CT molecular complexity index is 503. The number of hydrogen-bond donors (Lipinski definition) is 2. The first-order valence-corrected chi connectivity index (χ1v) is 6.62. The van der Waals surface area contributed by atoms with Crippen molar-refractivity contribution in [2.24, 2.45) is 0 Å². The third-order valence-corrected chi connectivity index (χ3v) is 3.63. The largest absolute Gasteiger partial charge is 0.389 e. The lowest BCUT2D eigenvalue weighted by Crippen LogP contribution is -2.46. The summed E-state index contributed by atoms with van der Waals surface area (Å²) in [6.07, 6.45) is 1.10. The average Bonchev–Trinajstić information content (AvgIpc) is 2.36. The molecule has 1 fully saturated rings. The van der Waals surface area contributed by atoms with Crippen LogP contribution in [0.5, 0.6) is 0 Å². The van der Waals surface area contributed by atoms with Crippen LogP contribution in [-0.4, -0.2) is 28.9 Å². The van der Waals surface area contributed by atoms with Crippen molar-refractivity contribution in [2.45, 2.75) is 38.4 Å². The van der Waals surface area contributed by atoms with Gasteiger partial charge in [0.25, 0.3) is 0 Å². The number of piperidine rings is 1. The minimum absolute atomic E-state index is 0.529. The van der Waals surface area contributed by atoms with Gasteiger partial charge in [-0.2, -0.15) is 5.26 Å². The van der Waals surface area contributed by atoms with Gasteiger partial charge in [-0.15, -0.1) is 0 Å². The quantitative estimate of drug-likeness (QED) is 0.853. The number of aliphatic hydroxyl groups excluding tert-OH is 1. The minimum Gasteiger partial charge on any atom is -0.389 e. The lowest BCUT2D eigenvalue weighted by molar-refractivity contribution is 0.0447. The maximum absolute atomic E-state index is 10.2. The van der Waals surface area contributed by atoms with Crippen molar-refractivity contribution in [2.75, 3.05) is 18.0 Å². The molecule has 1 aliphatic heterocycles. The molecule has 1 saturated heterocycles. The topological polar surface area (TPSA) is 67.5 Å². The van der Waals surface area contributed by atoms with Crippen LogP contribution in [0.1, 0.15) is 43.9 Å². The molecule has 4 heteroatoms. The van der Waals surface area contributed by atoms with E-state index in [0.717, 1.165) is 30.6 Å². The number of nitriles is 1. The molecule has 1 aliphatic rings. The molecule has 2 rings (SSSR count). The number of nitrogens with zero attached hydrogens (tertiary/aromatic N) is 2. The molecular formula is C15H20N2O2. The Morgan fingerprint density at radius 3 is 2.79 bits per heavy atom. The SMILES string of the molecule is C[C@@H](O)c1ccc(C#N)cc1N1CCCC(C)(O)C1. The van der Waals surface area contributed by atoms with Crippen molar-refractivity contribution in [3.05, 3.63) is 29.3 Å². The minimum atomic E-state index is -0.711. The summed E-state index contributed by atoms with van der Waals surface area (Å²) in [4.78, 5) is 2.06. The zero-order valence-electron chi connectivity index (χ0n) is 11.4. The van der Waals surface area contributed by atoms with Crippen LogP contribution in [0.3, 0.4) is 0 Å². The Kier molecular flexibility index (Phi) is 3.79. The molecule has 0 spiro atoms. The molecule has 0 saturated carbocycles. The molecule has 19 heavy (non-hydrogen) atoms. The molecule has 1 unspecified atom stereocenters. The molecule has 1 heterocycles. The van der Waals surface area contributed by atoms with Crippen molar-refractivity contribution in [3.63, 3.8) is 0 Å². The van der Waals surface area contributed by atoms with E-state index in [-0.39, 0.29) is 0 Å². The fourth-order valence-electron chi connectivity index (χ4n) is 2.67. The molecule has 0 radical (unpaired) electrons. The zero-order chi connectivity index (χ0) is 14.0. The Morgan fingerprint density at radius 1 is 1.47 bits per heavy atom. The summed E-state index contributed by atoms with van der Waals surface area (Å²) >= 11 is 0. The van der Waals surface area contributed by atoms with Crippen LogP contribution in [0.2, 0.25) is 0 Å². The highest BCUT2D eigenvalue weighted by Gasteiger charge is 2.29. The molecule has 0 aliphatic carbocycles. The van der Waals surface area contributed by atoms with Crippen molar-refractivity contribution < 1.29 is 10.2 Å². The van der Waals surface area contributed by atoms with Crippen LogP contribution in [0.4, 0.5) is 5.69 Å². The van der Waals surface area contributed by atoms with Crippen LogP contribution in [-0.2, 0) is 0 Å². The highest BCUT2D eigenvalue weighted by Crippen LogP contribution is 2.32. The normalized spacial score (nSPS) is 24.9. The van der Waals surface area contributed by atoms with E-state index in [1.807, 2.05) is 6.92 Å². The summed E-state index contributed by atoms with van der Waals surface area (Å²) in [5, 5.41) is 29.1. The van der Waals surface area contributed by atoms with Gasteiger partial charge in [-0.05, 0) is 38.8 Å². The number of aliphatic hydroxyl groups is 2. The first-order valence-electron chi connectivity index (χ1n) is 6.62. The van der Waals surface area contributed by atoms with Gasteiger partial charge in [0.2, 0.25) is 0 Å². The summed E-state index contributed by atoms with van der Waals surface area (Å²) in [5.41, 5.74) is 1.52. The third kappa shape index (κ3) is 3.06. The standard InChI is InChI=1S/C15H20N2O2/c1-11(18)13-5-4-12(9-16)8-14(13)17-7-3-6-15(2,19)10-17/h4-5,8,11,18-19H,3,6-7,10H2,1-2H3/t11-,15?/m1/s1. The first kappa shape index (κ1) is 13.9.